The summed E-state index contributed by atoms with van der Waals surface area (Å²) in [5.41, 5.74) is 5.54. The van der Waals surface area contributed by atoms with E-state index in [1.807, 2.05) is 24.3 Å². The molecule has 0 amide bonds. The van der Waals surface area contributed by atoms with Gasteiger partial charge in [0, 0.05) is 18.0 Å². The van der Waals surface area contributed by atoms with Gasteiger partial charge in [-0.15, -0.1) is 0 Å². The third kappa shape index (κ3) is 4.17. The molecule has 0 bridgehead atoms. The normalized spacial score (nSPS) is 28.8. The number of rotatable bonds is 5. The van der Waals surface area contributed by atoms with Crippen LogP contribution in [0.2, 0.25) is 0 Å². The van der Waals surface area contributed by atoms with Crippen molar-refractivity contribution in [3.8, 4) is 5.75 Å². The van der Waals surface area contributed by atoms with E-state index in [0.717, 1.165) is 40.8 Å². The van der Waals surface area contributed by atoms with Gasteiger partial charge in [-0.2, -0.15) is 0 Å². The fourth-order valence-electron chi connectivity index (χ4n) is 4.01. The molecular weight excluding hydrogens is 487 g/mol. The fraction of sp³-hybridized carbons (Fsp3) is 0.455. The van der Waals surface area contributed by atoms with Crippen LogP contribution in [0, 0.1) is 0 Å². The van der Waals surface area contributed by atoms with E-state index in [1.165, 1.54) is 23.8 Å². The van der Waals surface area contributed by atoms with E-state index in [2.05, 4.69) is 34.7 Å². The van der Waals surface area contributed by atoms with Crippen molar-refractivity contribution >= 4 is 22.6 Å². The van der Waals surface area contributed by atoms with E-state index < -0.39 is 30.7 Å². The minimum atomic E-state index is -1.34. The van der Waals surface area contributed by atoms with Crippen LogP contribution in [-0.4, -0.2) is 53.6 Å². The Morgan fingerprint density at radius 1 is 1.03 bits per heavy atom. The number of fused-ring (bicyclic) bond motifs is 1. The Morgan fingerprint density at radius 2 is 1.86 bits per heavy atom. The minimum absolute atomic E-state index is 0.735. The zero-order valence-corrected chi connectivity index (χ0v) is 18.3. The molecule has 2 aliphatic heterocycles. The molecule has 4 rings (SSSR count). The first kappa shape index (κ1) is 21.0. The first-order valence-electron chi connectivity index (χ1n) is 9.66. The third-order valence-electron chi connectivity index (χ3n) is 5.65. The number of hydrogen-bond acceptors (Lipinski definition) is 6. The average Bonchev–Trinajstić information content (AvgIpc) is 3.20. The summed E-state index contributed by atoms with van der Waals surface area (Å²) in [5.74, 6) is 0.966. The summed E-state index contributed by atoms with van der Waals surface area (Å²) in [6.07, 6.45) is -3.98. The maximum Gasteiger partial charge on any atom is 0.186 e. The second-order valence-corrected chi connectivity index (χ2v) is 8.27. The van der Waals surface area contributed by atoms with Crippen LogP contribution in [0.1, 0.15) is 33.9 Å². The van der Waals surface area contributed by atoms with Gasteiger partial charge in [0.25, 0.3) is 0 Å². The summed E-state index contributed by atoms with van der Waals surface area (Å²) in [6.45, 7) is 0.735. The summed E-state index contributed by atoms with van der Waals surface area (Å²) < 4.78 is 17.3. The van der Waals surface area contributed by atoms with Crippen LogP contribution in [0.4, 0.5) is 0 Å². The predicted octanol–water partition coefficient (Wildman–Crippen LogP) is 2.27. The van der Waals surface area contributed by atoms with Crippen LogP contribution in [0.3, 0.4) is 0 Å². The first-order valence-corrected chi connectivity index (χ1v) is 11.2. The summed E-state index contributed by atoms with van der Waals surface area (Å²) in [5, 5.41) is 30.7. The zero-order chi connectivity index (χ0) is 20.5. The van der Waals surface area contributed by atoms with Crippen LogP contribution >= 0.6 is 22.6 Å². The molecule has 156 valence electrons. The molecule has 0 unspecified atom stereocenters. The van der Waals surface area contributed by atoms with Crippen LogP contribution in [0.5, 0.6) is 5.75 Å². The van der Waals surface area contributed by atoms with Gasteiger partial charge in [-0.3, -0.25) is 0 Å². The maximum atomic E-state index is 10.5. The van der Waals surface area contributed by atoms with E-state index >= 15 is 0 Å². The van der Waals surface area contributed by atoms with E-state index in [-0.39, 0.29) is 0 Å². The second-order valence-electron chi connectivity index (χ2n) is 7.51. The number of ether oxygens (including phenoxy) is 3. The van der Waals surface area contributed by atoms with Gasteiger partial charge < -0.3 is 29.5 Å². The molecule has 6 nitrogen and oxygen atoms in total. The molecular formula is C22H25IO6. The number of benzene rings is 2. The maximum absolute atomic E-state index is 10.5. The number of aliphatic hydroxyl groups is 3. The van der Waals surface area contributed by atoms with Crippen molar-refractivity contribution in [1.82, 2.24) is 0 Å². The molecule has 0 aliphatic carbocycles. The van der Waals surface area contributed by atoms with Gasteiger partial charge in [0.1, 0.15) is 30.2 Å². The lowest BCUT2D eigenvalue weighted by molar-refractivity contribution is -0.292. The number of alkyl halides is 1. The standard InChI is InChI=1S/C22H25IO6/c1-27-22-20(26)18(24)19(25)21(29-22)14-3-4-15(11-23)16(10-14)9-12-2-5-17-13(8-12)6-7-28-17/h2-5,8,10,18-22,24-26H,6-7,9,11H2,1H3/t18-,19-,20+,21+,22+/m1/s1. The molecule has 1 saturated heterocycles. The van der Waals surface area contributed by atoms with Crippen molar-refractivity contribution in [3.05, 3.63) is 64.2 Å². The minimum Gasteiger partial charge on any atom is -0.493 e. The summed E-state index contributed by atoms with van der Waals surface area (Å²) in [6, 6.07) is 12.3. The van der Waals surface area contributed by atoms with Crippen molar-refractivity contribution in [1.29, 1.82) is 0 Å². The van der Waals surface area contributed by atoms with E-state index in [0.29, 0.717) is 0 Å². The molecule has 0 saturated carbocycles. The highest BCUT2D eigenvalue weighted by Gasteiger charge is 2.44. The lowest BCUT2D eigenvalue weighted by atomic mass is 9.90. The molecule has 1 fully saturated rings. The molecule has 2 aromatic carbocycles. The molecule has 2 aliphatic rings. The lowest BCUT2D eigenvalue weighted by Crippen LogP contribution is -2.54. The third-order valence-corrected chi connectivity index (χ3v) is 6.47. The highest BCUT2D eigenvalue weighted by atomic mass is 127. The Labute approximate surface area is 183 Å². The smallest absolute Gasteiger partial charge is 0.186 e. The Morgan fingerprint density at radius 3 is 2.62 bits per heavy atom. The van der Waals surface area contributed by atoms with Gasteiger partial charge in [-0.05, 0) is 40.3 Å². The van der Waals surface area contributed by atoms with Gasteiger partial charge in [-0.1, -0.05) is 52.9 Å². The van der Waals surface area contributed by atoms with Crippen LogP contribution in [0.15, 0.2) is 36.4 Å². The average molecular weight is 512 g/mol. The van der Waals surface area contributed by atoms with Crippen molar-refractivity contribution in [2.75, 3.05) is 13.7 Å². The van der Waals surface area contributed by atoms with Gasteiger partial charge >= 0.3 is 0 Å². The molecule has 0 radical (unpaired) electrons. The van der Waals surface area contributed by atoms with Gasteiger partial charge in [-0.25, -0.2) is 0 Å². The predicted molar refractivity (Wildman–Crippen MR) is 115 cm³/mol. The Bertz CT molecular complexity index is 870. The van der Waals surface area contributed by atoms with Crippen molar-refractivity contribution in [2.24, 2.45) is 0 Å². The highest BCUT2D eigenvalue weighted by molar-refractivity contribution is 14.1. The molecule has 0 spiro atoms. The lowest BCUT2D eigenvalue weighted by Gasteiger charge is -2.40. The topological polar surface area (TPSA) is 88.4 Å². The molecule has 0 aromatic heterocycles. The van der Waals surface area contributed by atoms with Crippen LogP contribution in [-0.2, 0) is 26.7 Å². The van der Waals surface area contributed by atoms with Gasteiger partial charge in [0.05, 0.1) is 6.61 Å². The van der Waals surface area contributed by atoms with E-state index in [1.54, 1.807) is 0 Å². The quantitative estimate of drug-likeness (QED) is 0.421. The SMILES string of the molecule is CO[C@H]1O[C@@H](c2ccc(CI)c(Cc3ccc4c(c3)CCO4)c2)[C@H](O)[C@@H](O)[C@@H]1O. The van der Waals surface area contributed by atoms with Crippen molar-refractivity contribution in [3.63, 3.8) is 0 Å². The number of hydrogen-bond donors (Lipinski definition) is 3. The van der Waals surface area contributed by atoms with Crippen LogP contribution in [0.25, 0.3) is 0 Å². The Balaban J connectivity index is 1.63. The first-order chi connectivity index (χ1) is 14.0. The Kier molecular flexibility index (Phi) is 6.43. The largest absolute Gasteiger partial charge is 0.493 e. The van der Waals surface area contributed by atoms with Crippen molar-refractivity contribution in [2.45, 2.75) is 48.0 Å². The summed E-state index contributed by atoms with van der Waals surface area (Å²) >= 11 is 2.34. The van der Waals surface area contributed by atoms with Gasteiger partial charge in [0.2, 0.25) is 0 Å². The molecule has 5 atom stereocenters. The van der Waals surface area contributed by atoms with Crippen molar-refractivity contribution < 1.29 is 29.5 Å². The molecule has 29 heavy (non-hydrogen) atoms. The fourth-order valence-corrected chi connectivity index (χ4v) is 4.75. The number of aliphatic hydroxyl groups excluding tert-OH is 3. The summed E-state index contributed by atoms with van der Waals surface area (Å²) in [4.78, 5) is 0. The zero-order valence-electron chi connectivity index (χ0n) is 16.1. The number of methoxy groups -OCH3 is 1. The second kappa shape index (κ2) is 8.87. The van der Waals surface area contributed by atoms with Gasteiger partial charge in [0.15, 0.2) is 6.29 Å². The summed E-state index contributed by atoms with van der Waals surface area (Å²) in [7, 11) is 1.40. The molecule has 3 N–H and O–H groups in total. The highest BCUT2D eigenvalue weighted by Crippen LogP contribution is 2.34. The molecule has 2 heterocycles. The number of halogens is 1. The Hall–Kier alpha value is -1.23. The molecule has 2 aromatic rings. The van der Waals surface area contributed by atoms with E-state index in [4.69, 9.17) is 14.2 Å². The molecule has 7 heteroatoms. The van der Waals surface area contributed by atoms with E-state index in [9.17, 15) is 15.3 Å². The monoisotopic (exact) mass is 512 g/mol. The van der Waals surface area contributed by atoms with Crippen LogP contribution < -0.4 is 4.74 Å².